The van der Waals surface area contributed by atoms with Crippen LogP contribution in [0.1, 0.15) is 30.9 Å². The van der Waals surface area contributed by atoms with Crippen LogP contribution in [0.2, 0.25) is 0 Å². The second-order valence-corrected chi connectivity index (χ2v) is 9.09. The van der Waals surface area contributed by atoms with Crippen molar-refractivity contribution in [1.29, 1.82) is 0 Å². The molecule has 4 rings (SSSR count). The molecule has 34 heavy (non-hydrogen) atoms. The highest BCUT2D eigenvalue weighted by Crippen LogP contribution is 2.50. The number of amides is 1. The Morgan fingerprint density at radius 2 is 2.12 bits per heavy atom. The molecule has 2 heterocycles. The number of carbonyl (C=O) groups excluding carboxylic acids is 1. The maximum Gasteiger partial charge on any atom is 0.272 e. The van der Waals surface area contributed by atoms with Crippen molar-refractivity contribution in [3.05, 3.63) is 71.3 Å². The van der Waals surface area contributed by atoms with Crippen molar-refractivity contribution in [3.63, 3.8) is 0 Å². The van der Waals surface area contributed by atoms with Gasteiger partial charge in [-0.2, -0.15) is 5.10 Å². The zero-order chi connectivity index (χ0) is 24.1. The van der Waals surface area contributed by atoms with E-state index in [4.69, 9.17) is 4.84 Å². The summed E-state index contributed by atoms with van der Waals surface area (Å²) in [5, 5.41) is 18.8. The molecule has 0 saturated heterocycles. The van der Waals surface area contributed by atoms with E-state index in [1.807, 2.05) is 30.3 Å². The van der Waals surface area contributed by atoms with E-state index in [1.165, 1.54) is 6.92 Å². The lowest BCUT2D eigenvalue weighted by molar-refractivity contribution is -0.143. The predicted octanol–water partition coefficient (Wildman–Crippen LogP) is 2.70. The predicted molar refractivity (Wildman–Crippen MR) is 126 cm³/mol. The number of carbonyl (C=O) groups is 1. The first-order chi connectivity index (χ1) is 16.4. The van der Waals surface area contributed by atoms with Gasteiger partial charge in [-0.1, -0.05) is 42.1 Å². The lowest BCUT2D eigenvalue weighted by atomic mass is 10.0. The first-order valence-electron chi connectivity index (χ1n) is 10.9. The number of aliphatic imine (C=N–C) groups is 1. The van der Waals surface area contributed by atoms with Gasteiger partial charge in [0.25, 0.3) is 5.91 Å². The van der Waals surface area contributed by atoms with Crippen LogP contribution in [0, 0.1) is 11.6 Å². The van der Waals surface area contributed by atoms with E-state index >= 15 is 0 Å². The molecule has 2 aliphatic heterocycles. The molecular formula is C23H25F2N5O3S. The van der Waals surface area contributed by atoms with E-state index in [1.54, 1.807) is 0 Å². The van der Waals surface area contributed by atoms with Gasteiger partial charge in [-0.25, -0.2) is 19.3 Å². The Bertz CT molecular complexity index is 1100. The summed E-state index contributed by atoms with van der Waals surface area (Å²) in [5.74, 6) is -1.44. The van der Waals surface area contributed by atoms with Crippen LogP contribution in [0.3, 0.4) is 0 Å². The minimum absolute atomic E-state index is 0.0639. The first kappa shape index (κ1) is 24.1. The third-order valence-electron chi connectivity index (χ3n) is 5.36. The highest BCUT2D eigenvalue weighted by Gasteiger charge is 2.49. The molecule has 0 aliphatic carbocycles. The number of aliphatic hydroxyl groups is 1. The number of hydrazone groups is 1. The molecule has 0 fully saturated rings. The van der Waals surface area contributed by atoms with Gasteiger partial charge in [-0.05, 0) is 37.1 Å². The van der Waals surface area contributed by atoms with E-state index in [-0.39, 0.29) is 23.6 Å². The highest BCUT2D eigenvalue weighted by molar-refractivity contribution is 8.15. The largest absolute Gasteiger partial charge is 0.383 e. The Morgan fingerprint density at radius 1 is 1.32 bits per heavy atom. The van der Waals surface area contributed by atoms with Crippen LogP contribution in [0.15, 0.2) is 58.6 Å². The van der Waals surface area contributed by atoms with Crippen molar-refractivity contribution in [1.82, 2.24) is 15.8 Å². The Kier molecular flexibility index (Phi) is 7.44. The van der Waals surface area contributed by atoms with E-state index in [0.717, 1.165) is 47.9 Å². The van der Waals surface area contributed by atoms with E-state index in [9.17, 15) is 18.7 Å². The summed E-state index contributed by atoms with van der Waals surface area (Å²) >= 11 is 1.11. The Labute approximate surface area is 200 Å². The smallest absolute Gasteiger partial charge is 0.272 e. The average molecular weight is 490 g/mol. The molecular weight excluding hydrogens is 464 g/mol. The number of hydrogen-bond donors (Lipinski definition) is 3. The topological polar surface area (TPSA) is 98.5 Å². The van der Waals surface area contributed by atoms with E-state index in [0.29, 0.717) is 18.1 Å². The van der Waals surface area contributed by atoms with Gasteiger partial charge in [0.05, 0.1) is 6.61 Å². The van der Waals surface area contributed by atoms with Crippen molar-refractivity contribution >= 4 is 28.7 Å². The maximum atomic E-state index is 14.6. The molecule has 0 saturated carbocycles. The summed E-state index contributed by atoms with van der Waals surface area (Å²) in [5.41, 5.74) is 3.40. The Balaban J connectivity index is 1.67. The molecule has 0 radical (unpaired) electrons. The molecule has 0 bridgehead atoms. The van der Waals surface area contributed by atoms with Crippen LogP contribution >= 0.6 is 11.8 Å². The zero-order valence-electron chi connectivity index (χ0n) is 18.5. The first-order valence-corrected chi connectivity index (χ1v) is 11.7. The average Bonchev–Trinajstić information content (AvgIpc) is 3.24. The molecule has 0 spiro atoms. The van der Waals surface area contributed by atoms with Crippen LogP contribution in [0.25, 0.3) is 0 Å². The van der Waals surface area contributed by atoms with Crippen molar-refractivity contribution in [2.24, 2.45) is 10.1 Å². The van der Waals surface area contributed by atoms with Crippen LogP contribution in [-0.2, 0) is 14.5 Å². The van der Waals surface area contributed by atoms with Gasteiger partial charge in [0.1, 0.15) is 27.7 Å². The molecule has 1 unspecified atom stereocenters. The highest BCUT2D eigenvalue weighted by atomic mass is 32.2. The minimum atomic E-state index is -1.36. The number of nitrogens with one attached hydrogen (secondary N) is 2. The summed E-state index contributed by atoms with van der Waals surface area (Å²) in [6.45, 7) is 2.94. The third kappa shape index (κ3) is 5.06. The van der Waals surface area contributed by atoms with Gasteiger partial charge in [0, 0.05) is 25.1 Å². The summed E-state index contributed by atoms with van der Waals surface area (Å²) in [6.07, 6.45) is -0.194. The minimum Gasteiger partial charge on any atom is -0.383 e. The summed E-state index contributed by atoms with van der Waals surface area (Å²) < 4.78 is 28.5. The normalized spacial score (nSPS) is 20.9. The van der Waals surface area contributed by atoms with E-state index < -0.39 is 28.5 Å². The van der Waals surface area contributed by atoms with Crippen LogP contribution in [0.5, 0.6) is 0 Å². The van der Waals surface area contributed by atoms with Gasteiger partial charge in [-0.3, -0.25) is 14.6 Å². The fraction of sp³-hybridized carbons (Fsp3) is 0.348. The molecule has 2 atom stereocenters. The number of hydrogen-bond acceptors (Lipinski definition) is 8. The van der Waals surface area contributed by atoms with Crippen LogP contribution < -0.4 is 10.8 Å². The number of nitrogens with zero attached hydrogens (tertiary/aromatic N) is 3. The number of aliphatic hydroxyl groups excluding tert-OH is 1. The van der Waals surface area contributed by atoms with Gasteiger partial charge >= 0.3 is 0 Å². The summed E-state index contributed by atoms with van der Waals surface area (Å²) in [6, 6.07) is 12.2. The van der Waals surface area contributed by atoms with Crippen molar-refractivity contribution in [2.45, 2.75) is 30.7 Å². The lowest BCUT2D eigenvalue weighted by Gasteiger charge is -2.36. The van der Waals surface area contributed by atoms with Crippen molar-refractivity contribution in [2.75, 3.05) is 19.7 Å². The second-order valence-electron chi connectivity index (χ2n) is 7.82. The van der Waals surface area contributed by atoms with Crippen molar-refractivity contribution in [3.8, 4) is 0 Å². The molecule has 2 aromatic rings. The van der Waals surface area contributed by atoms with Gasteiger partial charge in [0.2, 0.25) is 5.96 Å². The molecule has 3 N–H and O–H groups in total. The fourth-order valence-corrected chi connectivity index (χ4v) is 5.03. The van der Waals surface area contributed by atoms with E-state index in [2.05, 4.69) is 20.9 Å². The monoisotopic (exact) mass is 489 g/mol. The second kappa shape index (κ2) is 10.5. The molecule has 2 aromatic carbocycles. The third-order valence-corrected chi connectivity index (χ3v) is 6.80. The quantitative estimate of drug-likeness (QED) is 0.409. The zero-order valence-corrected chi connectivity index (χ0v) is 19.3. The fourth-order valence-electron chi connectivity index (χ4n) is 3.66. The number of hydroxylamine groups is 1. The Morgan fingerprint density at radius 3 is 2.82 bits per heavy atom. The van der Waals surface area contributed by atoms with Crippen LogP contribution in [0.4, 0.5) is 8.78 Å². The summed E-state index contributed by atoms with van der Waals surface area (Å²) in [7, 11) is 0. The van der Waals surface area contributed by atoms with Gasteiger partial charge in [0.15, 0.2) is 0 Å². The van der Waals surface area contributed by atoms with Gasteiger partial charge in [-0.15, -0.1) is 0 Å². The van der Waals surface area contributed by atoms with Crippen molar-refractivity contribution < 1.29 is 23.5 Å². The molecule has 180 valence electrons. The van der Waals surface area contributed by atoms with Crippen LogP contribution in [-0.4, -0.2) is 52.8 Å². The number of rotatable bonds is 7. The lowest BCUT2D eigenvalue weighted by Crippen LogP contribution is -2.46. The SMILES string of the molecule is C[C@H](O)C(=O)N1N=C(c2cc(F)ccc2F)SC1(CCONC1=NCCCN1)c1ccccc1. The summed E-state index contributed by atoms with van der Waals surface area (Å²) in [4.78, 5) is 21.8. The number of thioether (sulfide) groups is 1. The number of halogens is 2. The molecule has 0 aromatic heterocycles. The molecule has 1 amide bonds. The Hall–Kier alpha value is -3.02. The molecule has 8 nitrogen and oxygen atoms in total. The van der Waals surface area contributed by atoms with Gasteiger partial charge < -0.3 is 10.4 Å². The molecule has 2 aliphatic rings. The number of guanidine groups is 1. The maximum absolute atomic E-state index is 14.6. The number of benzene rings is 2. The standard InChI is InChI=1S/C23H25F2N5O3S/c1-15(31)21(32)30-23(16-6-3-2-4-7-16,10-13-33-29-22-26-11-5-12-27-22)34-20(28-30)18-14-17(24)8-9-19(18)25/h2-4,6-9,14-15,31H,5,10-13H2,1H3,(H2,26,27,29)/t15-,23?/m0/s1. The molecule has 11 heteroatoms.